The molecule has 0 saturated heterocycles. The van der Waals surface area contributed by atoms with E-state index in [4.69, 9.17) is 5.73 Å². The van der Waals surface area contributed by atoms with Crippen LogP contribution in [-0.4, -0.2) is 24.7 Å². The minimum atomic E-state index is -3.56. The molecule has 0 aliphatic rings. The van der Waals surface area contributed by atoms with Gasteiger partial charge in [-0.2, -0.15) is 10.4 Å². The fourth-order valence-corrected chi connectivity index (χ4v) is 3.88. The molecule has 3 N–H and O–H groups in total. The SMILES string of the molecule is Cc1ccc(S(=O)(=O)NCCCc2nn(-c3ccccc3)c(N)c2C#N)cc1. The standard InChI is InChI=1S/C20H21N5O2S/c1-15-9-11-17(12-10-15)28(26,27)23-13-5-8-19-18(14-21)20(22)25(24-19)16-6-3-2-4-7-16/h2-4,6-7,9-12,23H,5,8,13,22H2,1H3. The van der Waals surface area contributed by atoms with E-state index in [2.05, 4.69) is 15.9 Å². The fraction of sp³-hybridized carbons (Fsp3) is 0.200. The van der Waals surface area contributed by atoms with Crippen molar-refractivity contribution in [1.29, 1.82) is 5.26 Å². The predicted octanol–water partition coefficient (Wildman–Crippen LogP) is 2.55. The summed E-state index contributed by atoms with van der Waals surface area (Å²) >= 11 is 0. The number of nitrogens with two attached hydrogens (primary N) is 1. The van der Waals surface area contributed by atoms with Gasteiger partial charge in [0.15, 0.2) is 0 Å². The first-order chi connectivity index (χ1) is 13.4. The molecule has 144 valence electrons. The number of hydrogen-bond acceptors (Lipinski definition) is 5. The van der Waals surface area contributed by atoms with E-state index in [1.807, 2.05) is 37.3 Å². The van der Waals surface area contributed by atoms with Crippen LogP contribution in [0.25, 0.3) is 5.69 Å². The smallest absolute Gasteiger partial charge is 0.240 e. The van der Waals surface area contributed by atoms with Crippen LogP contribution >= 0.6 is 0 Å². The van der Waals surface area contributed by atoms with Gasteiger partial charge in [0.05, 0.1) is 16.3 Å². The highest BCUT2D eigenvalue weighted by Gasteiger charge is 2.17. The van der Waals surface area contributed by atoms with Gasteiger partial charge >= 0.3 is 0 Å². The van der Waals surface area contributed by atoms with Gasteiger partial charge in [0, 0.05) is 6.54 Å². The maximum Gasteiger partial charge on any atom is 0.240 e. The average molecular weight is 395 g/mol. The third-order valence-electron chi connectivity index (χ3n) is 4.32. The molecule has 28 heavy (non-hydrogen) atoms. The van der Waals surface area contributed by atoms with Crippen LogP contribution in [0.2, 0.25) is 0 Å². The molecule has 3 rings (SSSR count). The Balaban J connectivity index is 1.67. The number of anilines is 1. The van der Waals surface area contributed by atoms with Gasteiger partial charge in [0.25, 0.3) is 0 Å². The van der Waals surface area contributed by atoms with Gasteiger partial charge < -0.3 is 5.73 Å². The molecule has 0 fully saturated rings. The van der Waals surface area contributed by atoms with Crippen LogP contribution in [0, 0.1) is 18.3 Å². The molecule has 2 aromatic carbocycles. The van der Waals surface area contributed by atoms with Gasteiger partial charge in [0.1, 0.15) is 17.5 Å². The van der Waals surface area contributed by atoms with Crippen molar-refractivity contribution >= 4 is 15.8 Å². The first-order valence-electron chi connectivity index (χ1n) is 8.81. The molecule has 0 saturated carbocycles. The van der Waals surface area contributed by atoms with E-state index in [1.54, 1.807) is 24.3 Å². The molecule has 1 heterocycles. The summed E-state index contributed by atoms with van der Waals surface area (Å²) in [6.07, 6.45) is 0.925. The lowest BCUT2D eigenvalue weighted by Gasteiger charge is -2.06. The zero-order valence-electron chi connectivity index (χ0n) is 15.5. The van der Waals surface area contributed by atoms with Crippen LogP contribution in [0.5, 0.6) is 0 Å². The maximum atomic E-state index is 12.3. The number of aryl methyl sites for hydroxylation is 2. The number of nitrogens with zero attached hydrogens (tertiary/aromatic N) is 3. The van der Waals surface area contributed by atoms with Gasteiger partial charge in [-0.25, -0.2) is 17.8 Å². The molecule has 0 atom stereocenters. The number of nitrogens with one attached hydrogen (secondary N) is 1. The summed E-state index contributed by atoms with van der Waals surface area (Å²) < 4.78 is 28.7. The van der Waals surface area contributed by atoms with E-state index in [9.17, 15) is 13.7 Å². The minimum Gasteiger partial charge on any atom is -0.382 e. The molecular formula is C20H21N5O2S. The number of para-hydroxylation sites is 1. The van der Waals surface area contributed by atoms with E-state index in [0.29, 0.717) is 24.1 Å². The number of benzene rings is 2. The molecular weight excluding hydrogens is 374 g/mol. The average Bonchev–Trinajstić information content (AvgIpc) is 3.01. The second-order valence-corrected chi connectivity index (χ2v) is 8.15. The van der Waals surface area contributed by atoms with Crippen molar-refractivity contribution in [2.24, 2.45) is 0 Å². The Hall–Kier alpha value is -3.15. The normalized spacial score (nSPS) is 11.3. The van der Waals surface area contributed by atoms with E-state index in [1.165, 1.54) is 4.68 Å². The number of aromatic nitrogens is 2. The summed E-state index contributed by atoms with van der Waals surface area (Å²) in [5, 5.41) is 13.9. The largest absolute Gasteiger partial charge is 0.382 e. The number of hydrogen-bond donors (Lipinski definition) is 2. The van der Waals surface area contributed by atoms with Gasteiger partial charge in [-0.15, -0.1) is 0 Å². The van der Waals surface area contributed by atoms with Crippen molar-refractivity contribution in [2.45, 2.75) is 24.7 Å². The van der Waals surface area contributed by atoms with Crippen molar-refractivity contribution in [1.82, 2.24) is 14.5 Å². The van der Waals surface area contributed by atoms with Gasteiger partial charge in [0.2, 0.25) is 10.0 Å². The quantitative estimate of drug-likeness (QED) is 0.597. The van der Waals surface area contributed by atoms with Crippen LogP contribution in [0.1, 0.15) is 23.2 Å². The highest BCUT2D eigenvalue weighted by Crippen LogP contribution is 2.21. The summed E-state index contributed by atoms with van der Waals surface area (Å²) in [6.45, 7) is 2.13. The van der Waals surface area contributed by atoms with Gasteiger partial charge in [-0.1, -0.05) is 35.9 Å². The molecule has 0 aliphatic heterocycles. The third-order valence-corrected chi connectivity index (χ3v) is 5.80. The Morgan fingerprint density at radius 3 is 2.46 bits per heavy atom. The van der Waals surface area contributed by atoms with Crippen LogP contribution in [0.4, 0.5) is 5.82 Å². The summed E-state index contributed by atoms with van der Waals surface area (Å²) in [7, 11) is -3.56. The van der Waals surface area contributed by atoms with Crippen molar-refractivity contribution in [3.63, 3.8) is 0 Å². The number of nitrogen functional groups attached to an aromatic ring is 1. The lowest BCUT2D eigenvalue weighted by molar-refractivity contribution is 0.578. The molecule has 0 radical (unpaired) electrons. The Kier molecular flexibility index (Phi) is 5.78. The van der Waals surface area contributed by atoms with Crippen LogP contribution in [-0.2, 0) is 16.4 Å². The van der Waals surface area contributed by atoms with Crippen molar-refractivity contribution in [3.8, 4) is 11.8 Å². The fourth-order valence-electron chi connectivity index (χ4n) is 2.80. The third kappa shape index (κ3) is 4.22. The molecule has 8 heteroatoms. The Bertz CT molecular complexity index is 1100. The van der Waals surface area contributed by atoms with E-state index in [0.717, 1.165) is 11.3 Å². The van der Waals surface area contributed by atoms with Crippen molar-refractivity contribution in [3.05, 3.63) is 71.4 Å². The van der Waals surface area contributed by atoms with E-state index >= 15 is 0 Å². The number of rotatable bonds is 7. The lowest BCUT2D eigenvalue weighted by atomic mass is 10.1. The Morgan fingerprint density at radius 1 is 1.14 bits per heavy atom. The molecule has 1 aromatic heterocycles. The van der Waals surface area contributed by atoms with Gasteiger partial charge in [-0.3, -0.25) is 0 Å². The molecule has 3 aromatic rings. The Labute approximate surface area is 164 Å². The monoisotopic (exact) mass is 395 g/mol. The first kappa shape index (κ1) is 19.6. The topological polar surface area (TPSA) is 114 Å². The molecule has 0 amide bonds. The number of nitriles is 1. The highest BCUT2D eigenvalue weighted by molar-refractivity contribution is 7.89. The second kappa shape index (κ2) is 8.25. The predicted molar refractivity (Wildman–Crippen MR) is 107 cm³/mol. The van der Waals surface area contributed by atoms with Crippen LogP contribution in [0.3, 0.4) is 0 Å². The molecule has 0 spiro atoms. The van der Waals surface area contributed by atoms with Gasteiger partial charge in [-0.05, 0) is 44.0 Å². The maximum absolute atomic E-state index is 12.3. The van der Waals surface area contributed by atoms with Crippen LogP contribution in [0.15, 0.2) is 59.5 Å². The summed E-state index contributed by atoms with van der Waals surface area (Å²) in [4.78, 5) is 0.230. The highest BCUT2D eigenvalue weighted by atomic mass is 32.2. The molecule has 0 unspecified atom stereocenters. The molecule has 0 bridgehead atoms. The summed E-state index contributed by atoms with van der Waals surface area (Å²) in [6, 6.07) is 18.1. The van der Waals surface area contributed by atoms with E-state index < -0.39 is 10.0 Å². The number of sulfonamides is 1. The zero-order chi connectivity index (χ0) is 20.1. The van der Waals surface area contributed by atoms with Crippen molar-refractivity contribution in [2.75, 3.05) is 12.3 Å². The Morgan fingerprint density at radius 2 is 1.82 bits per heavy atom. The minimum absolute atomic E-state index is 0.230. The first-order valence-corrected chi connectivity index (χ1v) is 10.3. The van der Waals surface area contributed by atoms with Crippen LogP contribution < -0.4 is 10.5 Å². The zero-order valence-corrected chi connectivity index (χ0v) is 16.3. The van der Waals surface area contributed by atoms with E-state index in [-0.39, 0.29) is 17.3 Å². The second-order valence-electron chi connectivity index (χ2n) is 6.38. The summed E-state index contributed by atoms with van der Waals surface area (Å²) in [5.41, 5.74) is 8.71. The summed E-state index contributed by atoms with van der Waals surface area (Å²) in [5.74, 6) is 0.281. The van der Waals surface area contributed by atoms with Crippen molar-refractivity contribution < 1.29 is 8.42 Å². The molecule has 7 nitrogen and oxygen atoms in total. The molecule has 0 aliphatic carbocycles. The lowest BCUT2D eigenvalue weighted by Crippen LogP contribution is -2.25.